The van der Waals surface area contributed by atoms with Crippen LogP contribution in [-0.2, 0) is 11.3 Å². The Bertz CT molecular complexity index is 465. The van der Waals surface area contributed by atoms with E-state index in [9.17, 15) is 9.18 Å². The van der Waals surface area contributed by atoms with E-state index >= 15 is 0 Å². The summed E-state index contributed by atoms with van der Waals surface area (Å²) in [4.78, 5) is 13.5. The maximum absolute atomic E-state index is 13.7. The highest BCUT2D eigenvalue weighted by molar-refractivity contribution is 6.42. The third-order valence-corrected chi connectivity index (χ3v) is 4.00. The van der Waals surface area contributed by atoms with Crippen molar-refractivity contribution in [3.05, 3.63) is 33.6 Å². The molecule has 1 aliphatic heterocycles. The number of carbonyl (C=O) groups excluding carboxylic acids is 1. The smallest absolute Gasteiger partial charge is 0.222 e. The van der Waals surface area contributed by atoms with Crippen molar-refractivity contribution >= 4 is 29.1 Å². The number of nitrogens with zero attached hydrogens (tertiary/aromatic N) is 1. The molecule has 0 atom stereocenters. The molecule has 0 aliphatic carbocycles. The van der Waals surface area contributed by atoms with E-state index in [-0.39, 0.29) is 17.5 Å². The summed E-state index contributed by atoms with van der Waals surface area (Å²) in [7, 11) is 0. The number of amides is 1. The van der Waals surface area contributed by atoms with Gasteiger partial charge in [-0.1, -0.05) is 29.6 Å². The molecule has 1 aliphatic rings. The van der Waals surface area contributed by atoms with Crippen molar-refractivity contribution in [3.8, 4) is 0 Å². The number of halogens is 3. The van der Waals surface area contributed by atoms with E-state index in [1.165, 1.54) is 12.1 Å². The topological polar surface area (TPSA) is 20.3 Å². The first-order valence-electron chi connectivity index (χ1n) is 5.99. The van der Waals surface area contributed by atoms with Gasteiger partial charge in [-0.25, -0.2) is 4.39 Å². The summed E-state index contributed by atoms with van der Waals surface area (Å²) in [5, 5.41) is 0.518. The average molecular weight is 290 g/mol. The Labute approximate surface area is 116 Å². The first kappa shape index (κ1) is 13.6. The van der Waals surface area contributed by atoms with Crippen LogP contribution in [-0.4, -0.2) is 17.4 Å². The fourth-order valence-corrected chi connectivity index (χ4v) is 2.50. The van der Waals surface area contributed by atoms with Crippen molar-refractivity contribution < 1.29 is 9.18 Å². The van der Waals surface area contributed by atoms with Crippen molar-refractivity contribution in [2.24, 2.45) is 0 Å². The fourth-order valence-electron chi connectivity index (χ4n) is 2.11. The van der Waals surface area contributed by atoms with E-state index in [4.69, 9.17) is 23.2 Å². The van der Waals surface area contributed by atoms with E-state index in [2.05, 4.69) is 0 Å². The van der Waals surface area contributed by atoms with Crippen LogP contribution >= 0.6 is 23.2 Å². The third-order valence-electron chi connectivity index (χ3n) is 3.16. The molecule has 18 heavy (non-hydrogen) atoms. The molecule has 2 rings (SSSR count). The standard InChI is InChI=1S/C13H14Cl2FNO/c14-10-5-6-11(16)9(13(10)15)8-17-7-3-1-2-4-12(17)18/h5-6H,1-4,7-8H2. The molecule has 2 nitrogen and oxygen atoms in total. The second-order valence-corrected chi connectivity index (χ2v) is 5.23. The van der Waals surface area contributed by atoms with Gasteiger partial charge in [0.15, 0.2) is 0 Å². The van der Waals surface area contributed by atoms with Gasteiger partial charge in [0.25, 0.3) is 0 Å². The summed E-state index contributed by atoms with van der Waals surface area (Å²) in [6.07, 6.45) is 3.42. The van der Waals surface area contributed by atoms with Gasteiger partial charge in [-0.2, -0.15) is 0 Å². The fraction of sp³-hybridized carbons (Fsp3) is 0.462. The average Bonchev–Trinajstić information content (AvgIpc) is 2.55. The van der Waals surface area contributed by atoms with E-state index < -0.39 is 5.82 Å². The van der Waals surface area contributed by atoms with Gasteiger partial charge in [0.2, 0.25) is 5.91 Å². The lowest BCUT2D eigenvalue weighted by molar-refractivity contribution is -0.131. The van der Waals surface area contributed by atoms with Crippen LogP contribution in [0.2, 0.25) is 10.0 Å². The maximum Gasteiger partial charge on any atom is 0.222 e. The van der Waals surface area contributed by atoms with Gasteiger partial charge in [-0.3, -0.25) is 4.79 Å². The highest BCUT2D eigenvalue weighted by atomic mass is 35.5. The number of hydrogen-bond acceptors (Lipinski definition) is 1. The summed E-state index contributed by atoms with van der Waals surface area (Å²) < 4.78 is 13.7. The van der Waals surface area contributed by atoms with E-state index in [0.29, 0.717) is 23.6 Å². The molecular formula is C13H14Cl2FNO. The van der Waals surface area contributed by atoms with Crippen LogP contribution in [0.25, 0.3) is 0 Å². The lowest BCUT2D eigenvalue weighted by Gasteiger charge is -2.21. The van der Waals surface area contributed by atoms with Crippen molar-refractivity contribution in [1.29, 1.82) is 0 Å². The maximum atomic E-state index is 13.7. The number of carbonyl (C=O) groups is 1. The van der Waals surface area contributed by atoms with Gasteiger partial charge in [0.1, 0.15) is 5.82 Å². The predicted molar refractivity (Wildman–Crippen MR) is 70.3 cm³/mol. The van der Waals surface area contributed by atoms with E-state index in [1.54, 1.807) is 4.90 Å². The molecule has 0 radical (unpaired) electrons. The molecule has 98 valence electrons. The molecule has 0 aromatic heterocycles. The van der Waals surface area contributed by atoms with E-state index in [1.807, 2.05) is 0 Å². The SMILES string of the molecule is O=C1CCCCCN1Cc1c(F)ccc(Cl)c1Cl. The Kier molecular flexibility index (Phi) is 4.46. The molecule has 0 spiro atoms. The van der Waals surface area contributed by atoms with Gasteiger partial charge in [0.05, 0.1) is 16.6 Å². The molecule has 1 aromatic carbocycles. The zero-order valence-corrected chi connectivity index (χ0v) is 11.4. The van der Waals surface area contributed by atoms with Crippen LogP contribution in [0.15, 0.2) is 12.1 Å². The summed E-state index contributed by atoms with van der Waals surface area (Å²) in [5.41, 5.74) is 0.305. The quantitative estimate of drug-likeness (QED) is 0.753. The molecule has 0 unspecified atom stereocenters. The summed E-state index contributed by atoms with van der Waals surface area (Å²) in [6.45, 7) is 0.852. The predicted octanol–water partition coefficient (Wildman–Crippen LogP) is 4.04. The second kappa shape index (κ2) is 5.89. The number of hydrogen-bond donors (Lipinski definition) is 0. The molecule has 0 bridgehead atoms. The van der Waals surface area contributed by atoms with Crippen molar-refractivity contribution in [1.82, 2.24) is 4.90 Å². The minimum atomic E-state index is -0.415. The van der Waals surface area contributed by atoms with Crippen molar-refractivity contribution in [3.63, 3.8) is 0 Å². The van der Waals surface area contributed by atoms with Crippen LogP contribution in [0.5, 0.6) is 0 Å². The lowest BCUT2D eigenvalue weighted by Crippen LogP contribution is -2.30. The molecule has 0 N–H and O–H groups in total. The molecule has 0 saturated carbocycles. The van der Waals surface area contributed by atoms with Gasteiger partial charge >= 0.3 is 0 Å². The molecule has 5 heteroatoms. The van der Waals surface area contributed by atoms with Gasteiger partial charge < -0.3 is 4.90 Å². The summed E-state index contributed by atoms with van der Waals surface area (Å²) in [6, 6.07) is 2.71. The van der Waals surface area contributed by atoms with Gasteiger partial charge in [0, 0.05) is 18.5 Å². The van der Waals surface area contributed by atoms with E-state index in [0.717, 1.165) is 19.3 Å². The first-order valence-corrected chi connectivity index (χ1v) is 6.75. The second-order valence-electron chi connectivity index (χ2n) is 4.45. The molecule has 1 heterocycles. The van der Waals surface area contributed by atoms with Crippen LogP contribution in [0.4, 0.5) is 4.39 Å². The Morgan fingerprint density at radius 1 is 1.22 bits per heavy atom. The lowest BCUT2D eigenvalue weighted by atomic mass is 10.2. The van der Waals surface area contributed by atoms with Gasteiger partial charge in [-0.15, -0.1) is 0 Å². The Hall–Kier alpha value is -0.800. The van der Waals surface area contributed by atoms with Crippen molar-refractivity contribution in [2.45, 2.75) is 32.2 Å². The molecular weight excluding hydrogens is 276 g/mol. The van der Waals surface area contributed by atoms with Crippen LogP contribution in [0, 0.1) is 5.82 Å². The van der Waals surface area contributed by atoms with Gasteiger partial charge in [-0.05, 0) is 25.0 Å². The minimum absolute atomic E-state index is 0.0583. The van der Waals surface area contributed by atoms with Crippen LogP contribution < -0.4 is 0 Å². The molecule has 1 saturated heterocycles. The minimum Gasteiger partial charge on any atom is -0.338 e. The molecule has 1 aromatic rings. The Morgan fingerprint density at radius 3 is 2.78 bits per heavy atom. The highest BCUT2D eigenvalue weighted by Crippen LogP contribution is 2.29. The Morgan fingerprint density at radius 2 is 2.00 bits per heavy atom. The highest BCUT2D eigenvalue weighted by Gasteiger charge is 2.20. The number of benzene rings is 1. The normalized spacial score (nSPS) is 16.8. The van der Waals surface area contributed by atoms with Crippen LogP contribution in [0.3, 0.4) is 0 Å². The monoisotopic (exact) mass is 289 g/mol. The number of likely N-dealkylation sites (tertiary alicyclic amines) is 1. The van der Waals surface area contributed by atoms with Crippen molar-refractivity contribution in [2.75, 3.05) is 6.54 Å². The zero-order valence-electron chi connectivity index (χ0n) is 9.89. The van der Waals surface area contributed by atoms with Crippen LogP contribution in [0.1, 0.15) is 31.2 Å². The first-order chi connectivity index (χ1) is 8.59. The number of rotatable bonds is 2. The third kappa shape index (κ3) is 2.96. The molecule has 1 amide bonds. The molecule has 1 fully saturated rings. The zero-order chi connectivity index (χ0) is 13.1. The largest absolute Gasteiger partial charge is 0.338 e. The Balaban J connectivity index is 2.22. The summed E-state index contributed by atoms with van der Waals surface area (Å²) >= 11 is 11.9. The summed E-state index contributed by atoms with van der Waals surface area (Å²) in [5.74, 6) is -0.357.